The number of amides is 1. The Kier molecular flexibility index (Phi) is 6.26. The summed E-state index contributed by atoms with van der Waals surface area (Å²) in [4.78, 5) is 17.6. The topological polar surface area (TPSA) is 95.1 Å². The number of aromatic nitrogens is 4. The number of hydrogen-bond donors (Lipinski definition) is 1. The molecular formula is C25H27N5O3. The standard InChI is InChI=1S/C25H27N5O3/c1-6-32-21-13-8-7-12-19(21)25-26-20(18(5)33-25)14-30-17(4)23(28-29-30)24(31)27-22-15(2)10-9-11-16(22)3/h7-13H,6,14H2,1-5H3,(H,27,31). The summed E-state index contributed by atoms with van der Waals surface area (Å²) in [7, 11) is 0. The maximum Gasteiger partial charge on any atom is 0.278 e. The van der Waals surface area contributed by atoms with E-state index in [9.17, 15) is 4.79 Å². The van der Waals surface area contributed by atoms with E-state index < -0.39 is 0 Å². The van der Waals surface area contributed by atoms with Crippen molar-refractivity contribution < 1.29 is 13.9 Å². The van der Waals surface area contributed by atoms with Gasteiger partial charge in [0.25, 0.3) is 5.91 Å². The Labute approximate surface area is 192 Å². The van der Waals surface area contributed by atoms with Gasteiger partial charge in [-0.2, -0.15) is 0 Å². The molecule has 0 atom stereocenters. The van der Waals surface area contributed by atoms with E-state index in [1.807, 2.05) is 77.1 Å². The Balaban J connectivity index is 1.56. The molecule has 0 fully saturated rings. The predicted molar refractivity (Wildman–Crippen MR) is 126 cm³/mol. The molecule has 0 radical (unpaired) electrons. The predicted octanol–water partition coefficient (Wildman–Crippen LogP) is 4.87. The van der Waals surface area contributed by atoms with Crippen LogP contribution in [0.5, 0.6) is 5.75 Å². The second-order valence-corrected chi connectivity index (χ2v) is 7.85. The molecular weight excluding hydrogens is 418 g/mol. The molecule has 170 valence electrons. The number of para-hydroxylation sites is 2. The van der Waals surface area contributed by atoms with Crippen molar-refractivity contribution in [3.63, 3.8) is 0 Å². The molecule has 2 aromatic carbocycles. The van der Waals surface area contributed by atoms with E-state index in [1.54, 1.807) is 4.68 Å². The number of carbonyl (C=O) groups is 1. The molecule has 0 saturated heterocycles. The number of rotatable bonds is 7. The van der Waals surface area contributed by atoms with Gasteiger partial charge in [-0.3, -0.25) is 4.79 Å². The van der Waals surface area contributed by atoms with Gasteiger partial charge in [0.15, 0.2) is 5.69 Å². The highest BCUT2D eigenvalue weighted by molar-refractivity contribution is 6.04. The molecule has 0 aliphatic rings. The molecule has 0 bridgehead atoms. The minimum absolute atomic E-state index is 0.278. The molecule has 0 aliphatic carbocycles. The van der Waals surface area contributed by atoms with E-state index in [1.165, 1.54) is 0 Å². The van der Waals surface area contributed by atoms with Crippen LogP contribution in [0.4, 0.5) is 5.69 Å². The van der Waals surface area contributed by atoms with Crippen LogP contribution in [0.15, 0.2) is 46.9 Å². The fourth-order valence-corrected chi connectivity index (χ4v) is 3.66. The van der Waals surface area contributed by atoms with Crippen LogP contribution < -0.4 is 10.1 Å². The molecule has 0 unspecified atom stereocenters. The highest BCUT2D eigenvalue weighted by Crippen LogP contribution is 2.31. The van der Waals surface area contributed by atoms with Crippen molar-refractivity contribution >= 4 is 11.6 Å². The van der Waals surface area contributed by atoms with Crippen LogP contribution in [-0.4, -0.2) is 32.5 Å². The third-order valence-electron chi connectivity index (χ3n) is 5.53. The Morgan fingerprint density at radius 2 is 1.79 bits per heavy atom. The highest BCUT2D eigenvalue weighted by Gasteiger charge is 2.21. The number of aryl methyl sites for hydroxylation is 3. The highest BCUT2D eigenvalue weighted by atomic mass is 16.5. The zero-order valence-electron chi connectivity index (χ0n) is 19.5. The van der Waals surface area contributed by atoms with E-state index in [4.69, 9.17) is 9.15 Å². The first-order chi connectivity index (χ1) is 15.9. The summed E-state index contributed by atoms with van der Waals surface area (Å²) in [6.45, 7) is 10.4. The molecule has 8 heteroatoms. The van der Waals surface area contributed by atoms with Gasteiger partial charge in [0.1, 0.15) is 17.2 Å². The lowest BCUT2D eigenvalue weighted by Crippen LogP contribution is -2.16. The van der Waals surface area contributed by atoms with E-state index in [-0.39, 0.29) is 11.6 Å². The molecule has 0 aliphatic heterocycles. The van der Waals surface area contributed by atoms with Gasteiger partial charge in [0, 0.05) is 5.69 Å². The lowest BCUT2D eigenvalue weighted by molar-refractivity contribution is 0.102. The van der Waals surface area contributed by atoms with E-state index in [0.717, 1.165) is 28.1 Å². The fraction of sp³-hybridized carbons (Fsp3) is 0.280. The number of nitrogens with one attached hydrogen (secondary N) is 1. The lowest BCUT2D eigenvalue weighted by Gasteiger charge is -2.10. The summed E-state index contributed by atoms with van der Waals surface area (Å²) in [6, 6.07) is 13.5. The van der Waals surface area contributed by atoms with Crippen molar-refractivity contribution in [2.45, 2.75) is 41.2 Å². The molecule has 4 aromatic rings. The average molecular weight is 446 g/mol. The molecule has 2 aromatic heterocycles. The SMILES string of the molecule is CCOc1ccccc1-c1nc(Cn2nnc(C(=O)Nc3c(C)cccc3C)c2C)c(C)o1. The van der Waals surface area contributed by atoms with E-state index >= 15 is 0 Å². The van der Waals surface area contributed by atoms with Crippen LogP contribution in [0.1, 0.15) is 45.7 Å². The Morgan fingerprint density at radius 1 is 1.06 bits per heavy atom. The van der Waals surface area contributed by atoms with Crippen LogP contribution >= 0.6 is 0 Å². The number of hydrogen-bond acceptors (Lipinski definition) is 6. The monoisotopic (exact) mass is 445 g/mol. The molecule has 4 rings (SSSR count). The Bertz CT molecular complexity index is 1290. The first-order valence-corrected chi connectivity index (χ1v) is 10.8. The third kappa shape index (κ3) is 4.50. The average Bonchev–Trinajstić information content (AvgIpc) is 3.34. The number of nitrogens with zero attached hydrogens (tertiary/aromatic N) is 4. The van der Waals surface area contributed by atoms with E-state index in [2.05, 4.69) is 20.6 Å². The first kappa shape index (κ1) is 22.3. The Morgan fingerprint density at radius 3 is 2.52 bits per heavy atom. The van der Waals surface area contributed by atoms with Gasteiger partial charge in [-0.1, -0.05) is 35.5 Å². The largest absolute Gasteiger partial charge is 0.493 e. The second-order valence-electron chi connectivity index (χ2n) is 7.85. The van der Waals surface area contributed by atoms with Crippen LogP contribution in [0.25, 0.3) is 11.5 Å². The maximum atomic E-state index is 12.9. The summed E-state index contributed by atoms with van der Waals surface area (Å²) in [5.41, 5.74) is 5.21. The van der Waals surface area contributed by atoms with Crippen molar-refractivity contribution in [2.75, 3.05) is 11.9 Å². The van der Waals surface area contributed by atoms with E-state index in [0.29, 0.717) is 36.2 Å². The van der Waals surface area contributed by atoms with Crippen molar-refractivity contribution in [1.82, 2.24) is 20.0 Å². The van der Waals surface area contributed by atoms with Gasteiger partial charge >= 0.3 is 0 Å². The van der Waals surface area contributed by atoms with Crippen molar-refractivity contribution in [3.8, 4) is 17.2 Å². The second kappa shape index (κ2) is 9.28. The molecule has 1 amide bonds. The van der Waals surface area contributed by atoms with Gasteiger partial charge in [-0.25, -0.2) is 9.67 Å². The number of ether oxygens (including phenoxy) is 1. The molecule has 0 spiro atoms. The zero-order valence-corrected chi connectivity index (χ0v) is 19.5. The van der Waals surface area contributed by atoms with Crippen molar-refractivity contribution in [2.24, 2.45) is 0 Å². The molecule has 0 saturated carbocycles. The normalized spacial score (nSPS) is 10.9. The minimum atomic E-state index is -0.292. The molecule has 8 nitrogen and oxygen atoms in total. The minimum Gasteiger partial charge on any atom is -0.493 e. The summed E-state index contributed by atoms with van der Waals surface area (Å²) < 4.78 is 13.3. The molecule has 2 heterocycles. The first-order valence-electron chi connectivity index (χ1n) is 10.8. The number of oxazole rings is 1. The van der Waals surface area contributed by atoms with Crippen LogP contribution in [0.3, 0.4) is 0 Å². The molecule has 33 heavy (non-hydrogen) atoms. The van der Waals surface area contributed by atoms with Gasteiger partial charge < -0.3 is 14.5 Å². The van der Waals surface area contributed by atoms with Gasteiger partial charge in [-0.05, 0) is 57.9 Å². The molecule has 1 N–H and O–H groups in total. The maximum absolute atomic E-state index is 12.9. The Hall–Kier alpha value is -3.94. The quantitative estimate of drug-likeness (QED) is 0.436. The summed E-state index contributed by atoms with van der Waals surface area (Å²) in [6.07, 6.45) is 0. The zero-order chi connectivity index (χ0) is 23.5. The number of carbonyl (C=O) groups excluding carboxylic acids is 1. The van der Waals surface area contributed by atoms with Crippen LogP contribution in [0, 0.1) is 27.7 Å². The summed E-state index contributed by atoms with van der Waals surface area (Å²) in [5, 5.41) is 11.3. The van der Waals surface area contributed by atoms with Gasteiger partial charge in [-0.15, -0.1) is 5.10 Å². The lowest BCUT2D eigenvalue weighted by atomic mass is 10.1. The van der Waals surface area contributed by atoms with Crippen molar-refractivity contribution in [3.05, 3.63) is 76.4 Å². The van der Waals surface area contributed by atoms with Crippen LogP contribution in [-0.2, 0) is 6.54 Å². The smallest absolute Gasteiger partial charge is 0.278 e. The number of benzene rings is 2. The van der Waals surface area contributed by atoms with Crippen molar-refractivity contribution in [1.29, 1.82) is 0 Å². The fourth-order valence-electron chi connectivity index (χ4n) is 3.66. The van der Waals surface area contributed by atoms with Gasteiger partial charge in [0.05, 0.1) is 24.4 Å². The van der Waals surface area contributed by atoms with Gasteiger partial charge in [0.2, 0.25) is 5.89 Å². The third-order valence-corrected chi connectivity index (χ3v) is 5.53. The summed E-state index contributed by atoms with van der Waals surface area (Å²) >= 11 is 0. The number of anilines is 1. The van der Waals surface area contributed by atoms with Crippen LogP contribution in [0.2, 0.25) is 0 Å². The summed E-state index contributed by atoms with van der Waals surface area (Å²) in [5.74, 6) is 1.58.